The van der Waals surface area contributed by atoms with Gasteiger partial charge < -0.3 is 0 Å². The van der Waals surface area contributed by atoms with Gasteiger partial charge in [0.15, 0.2) is 0 Å². The van der Waals surface area contributed by atoms with Gasteiger partial charge in [0.05, 0.1) is 0 Å². The van der Waals surface area contributed by atoms with Crippen molar-refractivity contribution in [2.75, 3.05) is 0 Å². The molecule has 0 saturated heterocycles. The molecule has 0 aliphatic rings. The normalized spacial score (nSPS) is 14.3. The molecule has 0 heterocycles. The molecule has 3 N–H and O–H groups in total. The van der Waals surface area contributed by atoms with Gasteiger partial charge in [-0.15, -0.1) is 0 Å². The van der Waals surface area contributed by atoms with Gasteiger partial charge in [-0.3, -0.25) is 0 Å². The number of ether oxygens (including phenoxy) is 1. The molecule has 118 valence electrons. The van der Waals surface area contributed by atoms with Crippen molar-refractivity contribution in [3.05, 3.63) is 33.9 Å². The van der Waals surface area contributed by atoms with E-state index in [0.717, 1.165) is 3.57 Å². The molecule has 1 unspecified atom stereocenters. The van der Waals surface area contributed by atoms with Gasteiger partial charge in [0.1, 0.15) is 0 Å². The molecule has 0 spiro atoms. The number of benzene rings is 1. The SMILES string of the molecule is CC(C)(C)OC(=O)NC([I-]c1ccccc1)[C@@H](O)C(=O)O. The van der Waals surface area contributed by atoms with E-state index in [1.807, 2.05) is 30.3 Å². The van der Waals surface area contributed by atoms with Gasteiger partial charge in [0.2, 0.25) is 0 Å². The molecule has 0 radical (unpaired) electrons. The van der Waals surface area contributed by atoms with Crippen molar-refractivity contribution >= 4 is 12.1 Å². The van der Waals surface area contributed by atoms with Crippen LogP contribution in [0.2, 0.25) is 0 Å². The maximum absolute atomic E-state index is 11.8. The number of aliphatic hydroxyl groups is 1. The second-order valence-electron chi connectivity index (χ2n) is 5.24. The molecule has 0 aromatic heterocycles. The number of carboxylic acid groups (broad SMARTS) is 1. The van der Waals surface area contributed by atoms with Crippen molar-refractivity contribution in [2.45, 2.75) is 36.5 Å². The molecule has 1 aromatic carbocycles. The predicted molar refractivity (Wildman–Crippen MR) is 71.9 cm³/mol. The van der Waals surface area contributed by atoms with Crippen LogP contribution in [0.25, 0.3) is 0 Å². The third kappa shape index (κ3) is 6.76. The predicted octanol–water partition coefficient (Wildman–Crippen LogP) is -1.76. The molecule has 0 bridgehead atoms. The van der Waals surface area contributed by atoms with Gasteiger partial charge >= 0.3 is 134 Å². The fraction of sp³-hybridized carbons (Fsp3) is 0.429. The zero-order valence-corrected chi connectivity index (χ0v) is 14.2. The van der Waals surface area contributed by atoms with E-state index in [2.05, 4.69) is 5.32 Å². The number of hydrogen-bond donors (Lipinski definition) is 3. The first kappa shape index (κ1) is 17.7. The zero-order chi connectivity index (χ0) is 16.0. The summed E-state index contributed by atoms with van der Waals surface area (Å²) < 4.78 is 5.15. The van der Waals surface area contributed by atoms with Gasteiger partial charge in [-0.05, 0) is 0 Å². The van der Waals surface area contributed by atoms with Gasteiger partial charge in [-0.2, -0.15) is 0 Å². The van der Waals surface area contributed by atoms with Crippen molar-refractivity contribution in [3.8, 4) is 0 Å². The van der Waals surface area contributed by atoms with Crippen molar-refractivity contribution in [1.82, 2.24) is 5.32 Å². The Morgan fingerprint density at radius 1 is 1.24 bits per heavy atom. The number of nitrogens with one attached hydrogen (secondary N) is 1. The van der Waals surface area contributed by atoms with E-state index in [1.54, 1.807) is 20.8 Å². The number of aliphatic hydroxyl groups excluding tert-OH is 1. The molecule has 0 aliphatic heterocycles. The number of carbonyl (C=O) groups is 2. The quantitative estimate of drug-likeness (QED) is 0.305. The second kappa shape index (κ2) is 7.60. The first-order chi connectivity index (χ1) is 9.69. The van der Waals surface area contributed by atoms with Crippen molar-refractivity contribution in [2.24, 2.45) is 0 Å². The summed E-state index contributed by atoms with van der Waals surface area (Å²) in [5.41, 5.74) is -0.687. The van der Waals surface area contributed by atoms with Crippen LogP contribution in [0.3, 0.4) is 0 Å². The molecule has 1 rings (SSSR count). The number of amides is 1. The Labute approximate surface area is 133 Å². The molecular formula is C14H19INO5-. The number of alkyl carbamates (subject to hydrolysis) is 1. The number of aliphatic carboxylic acids is 1. The molecule has 6 nitrogen and oxygen atoms in total. The van der Waals surface area contributed by atoms with Gasteiger partial charge in [-0.1, -0.05) is 0 Å². The van der Waals surface area contributed by atoms with E-state index in [9.17, 15) is 14.7 Å². The summed E-state index contributed by atoms with van der Waals surface area (Å²) >= 11 is -0.932. The van der Waals surface area contributed by atoms with Gasteiger partial charge in [0.25, 0.3) is 0 Å². The number of rotatable bonds is 5. The van der Waals surface area contributed by atoms with Crippen LogP contribution in [-0.4, -0.2) is 38.0 Å². The van der Waals surface area contributed by atoms with Gasteiger partial charge in [0, 0.05) is 0 Å². The Hall–Kier alpha value is -1.35. The number of carboxylic acids is 1. The standard InChI is InChI=1S/C14H19INO5/c1-14(2,3)21-13(20)16-11(10(17)12(18)19)15-9-7-5-4-6-8-9/h4-8,10-11,17H,1-3H3,(H,16,20)(H,18,19)/q-1/t10-,11?/m1/s1. The Balaban J connectivity index is 2.78. The fourth-order valence-corrected chi connectivity index (χ4v) is 4.00. The van der Waals surface area contributed by atoms with E-state index in [4.69, 9.17) is 9.84 Å². The molecule has 0 saturated carbocycles. The maximum atomic E-state index is 11.8. The topological polar surface area (TPSA) is 95.9 Å². The van der Waals surface area contributed by atoms with Crippen LogP contribution >= 0.6 is 0 Å². The first-order valence-electron chi connectivity index (χ1n) is 6.28. The van der Waals surface area contributed by atoms with Gasteiger partial charge in [-0.25, -0.2) is 0 Å². The molecule has 0 fully saturated rings. The van der Waals surface area contributed by atoms with E-state index in [-0.39, 0.29) is 0 Å². The number of carbonyl (C=O) groups excluding carboxylic acids is 1. The summed E-state index contributed by atoms with van der Waals surface area (Å²) in [5, 5.41) is 21.2. The van der Waals surface area contributed by atoms with E-state index < -0.39 is 49.0 Å². The van der Waals surface area contributed by atoms with E-state index >= 15 is 0 Å². The Morgan fingerprint density at radius 3 is 2.29 bits per heavy atom. The third-order valence-corrected chi connectivity index (χ3v) is 5.26. The third-order valence-electron chi connectivity index (χ3n) is 2.16. The van der Waals surface area contributed by atoms with E-state index in [1.165, 1.54) is 0 Å². The summed E-state index contributed by atoms with van der Waals surface area (Å²) in [7, 11) is 0. The Kier molecular flexibility index (Phi) is 6.41. The molecule has 7 heteroatoms. The average molecular weight is 408 g/mol. The minimum atomic E-state index is -1.66. The average Bonchev–Trinajstić information content (AvgIpc) is 2.36. The summed E-state index contributed by atoms with van der Waals surface area (Å²) in [6.07, 6.45) is -2.39. The zero-order valence-electron chi connectivity index (χ0n) is 12.0. The summed E-state index contributed by atoms with van der Waals surface area (Å²) in [6.45, 7) is 5.13. The van der Waals surface area contributed by atoms with Crippen LogP contribution in [0.5, 0.6) is 0 Å². The van der Waals surface area contributed by atoms with Crippen molar-refractivity contribution in [3.63, 3.8) is 0 Å². The molecule has 0 aliphatic carbocycles. The number of halogens is 1. The monoisotopic (exact) mass is 408 g/mol. The summed E-state index contributed by atoms with van der Waals surface area (Å²) in [4.78, 5) is 22.7. The molecule has 1 amide bonds. The van der Waals surface area contributed by atoms with Crippen LogP contribution in [0.4, 0.5) is 4.79 Å². The number of hydrogen-bond acceptors (Lipinski definition) is 4. The Bertz CT molecular complexity index is 486. The first-order valence-corrected chi connectivity index (χ1v) is 8.60. The molecule has 1 aromatic rings. The minimum absolute atomic E-state index is 0.687. The van der Waals surface area contributed by atoms with E-state index in [0.29, 0.717) is 0 Å². The Morgan fingerprint density at radius 2 is 1.81 bits per heavy atom. The number of alkyl halides is 1. The summed E-state index contributed by atoms with van der Waals surface area (Å²) in [6, 6.07) is 9.17. The summed E-state index contributed by atoms with van der Waals surface area (Å²) in [5.74, 6) is -1.37. The van der Waals surface area contributed by atoms with Crippen molar-refractivity contribution < 1.29 is 45.7 Å². The van der Waals surface area contributed by atoms with Crippen LogP contribution in [0.1, 0.15) is 20.8 Å². The molecule has 21 heavy (non-hydrogen) atoms. The van der Waals surface area contributed by atoms with Crippen LogP contribution < -0.4 is 26.5 Å². The van der Waals surface area contributed by atoms with Crippen LogP contribution in [-0.2, 0) is 9.53 Å². The second-order valence-corrected chi connectivity index (χ2v) is 8.45. The molecule has 2 atom stereocenters. The fourth-order valence-electron chi connectivity index (χ4n) is 1.33. The van der Waals surface area contributed by atoms with Crippen molar-refractivity contribution in [1.29, 1.82) is 0 Å². The van der Waals surface area contributed by atoms with Crippen LogP contribution in [0, 0.1) is 3.57 Å². The van der Waals surface area contributed by atoms with Crippen LogP contribution in [0.15, 0.2) is 30.3 Å². The molecular weight excluding hydrogens is 389 g/mol.